The summed E-state index contributed by atoms with van der Waals surface area (Å²) in [5.41, 5.74) is 7.27. The Hall–Kier alpha value is -1.42. The van der Waals surface area contributed by atoms with E-state index in [2.05, 4.69) is 9.71 Å². The molecule has 0 fully saturated rings. The van der Waals surface area contributed by atoms with E-state index >= 15 is 0 Å². The summed E-state index contributed by atoms with van der Waals surface area (Å²) in [4.78, 5) is 3.37. The van der Waals surface area contributed by atoms with E-state index in [1.807, 2.05) is 0 Å². The lowest BCUT2D eigenvalue weighted by Crippen LogP contribution is -2.27. The zero-order chi connectivity index (χ0) is 14.8. The van der Waals surface area contributed by atoms with Crippen LogP contribution in [0.15, 0.2) is 34.0 Å². The number of halogens is 1. The molecule has 0 spiro atoms. The van der Waals surface area contributed by atoms with Crippen molar-refractivity contribution in [3.63, 3.8) is 0 Å². The van der Waals surface area contributed by atoms with Crippen LogP contribution in [0.1, 0.15) is 11.3 Å². The Balaban J connectivity index is 2.34. The maximum atomic E-state index is 13.7. The van der Waals surface area contributed by atoms with E-state index in [-0.39, 0.29) is 22.0 Å². The molecule has 1 heterocycles. The molecule has 0 atom stereocenters. The molecule has 20 heavy (non-hydrogen) atoms. The fourth-order valence-corrected chi connectivity index (χ4v) is 3.60. The van der Waals surface area contributed by atoms with Gasteiger partial charge < -0.3 is 5.73 Å². The molecule has 0 unspecified atom stereocenters. The van der Waals surface area contributed by atoms with E-state index in [0.717, 1.165) is 6.07 Å². The first-order valence-corrected chi connectivity index (χ1v) is 8.20. The van der Waals surface area contributed by atoms with Gasteiger partial charge in [-0.3, -0.25) is 0 Å². The molecule has 9 heteroatoms. The Bertz CT molecular complexity index is 729. The standard InChI is InChI=1S/C11H10FN3O2S3/c12-8-2-1-3-9(10(8)11(13)18)20(16,17)15-4-7-5-19-6-14-7/h1-3,5-6,15H,4H2,(H2,13,18). The Kier molecular flexibility index (Phi) is 4.43. The molecule has 106 valence electrons. The molecular formula is C11H10FN3O2S3. The highest BCUT2D eigenvalue weighted by atomic mass is 32.2. The van der Waals surface area contributed by atoms with Gasteiger partial charge in [0.15, 0.2) is 0 Å². The summed E-state index contributed by atoms with van der Waals surface area (Å²) >= 11 is 6.05. The number of thiocarbonyl (C=S) groups is 1. The molecule has 0 amide bonds. The van der Waals surface area contributed by atoms with E-state index in [1.165, 1.54) is 23.5 Å². The molecule has 0 saturated carbocycles. The number of nitrogens with zero attached hydrogens (tertiary/aromatic N) is 1. The maximum absolute atomic E-state index is 13.7. The normalized spacial score (nSPS) is 11.4. The highest BCUT2D eigenvalue weighted by molar-refractivity contribution is 7.89. The second-order valence-electron chi connectivity index (χ2n) is 3.78. The van der Waals surface area contributed by atoms with Gasteiger partial charge >= 0.3 is 0 Å². The monoisotopic (exact) mass is 331 g/mol. The summed E-state index contributed by atoms with van der Waals surface area (Å²) in [5, 5.41) is 1.71. The summed E-state index contributed by atoms with van der Waals surface area (Å²) in [7, 11) is -3.93. The van der Waals surface area contributed by atoms with Crippen molar-refractivity contribution in [1.29, 1.82) is 0 Å². The lowest BCUT2D eigenvalue weighted by Gasteiger charge is -2.10. The van der Waals surface area contributed by atoms with Crippen molar-refractivity contribution in [2.45, 2.75) is 11.4 Å². The molecule has 0 aliphatic rings. The molecule has 3 N–H and O–H groups in total. The van der Waals surface area contributed by atoms with Crippen LogP contribution in [-0.2, 0) is 16.6 Å². The van der Waals surface area contributed by atoms with E-state index in [4.69, 9.17) is 18.0 Å². The molecular weight excluding hydrogens is 321 g/mol. The molecule has 5 nitrogen and oxygen atoms in total. The van der Waals surface area contributed by atoms with Crippen LogP contribution in [0.2, 0.25) is 0 Å². The second kappa shape index (κ2) is 5.92. The van der Waals surface area contributed by atoms with E-state index in [1.54, 1.807) is 10.9 Å². The molecule has 2 rings (SSSR count). The van der Waals surface area contributed by atoms with Crippen molar-refractivity contribution in [2.24, 2.45) is 5.73 Å². The Labute approximate surface area is 124 Å². The summed E-state index contributed by atoms with van der Waals surface area (Å²) in [6, 6.07) is 3.64. The van der Waals surface area contributed by atoms with Crippen LogP contribution >= 0.6 is 23.6 Å². The van der Waals surface area contributed by atoms with Gasteiger partial charge in [0.25, 0.3) is 0 Å². The first-order valence-electron chi connectivity index (χ1n) is 5.37. The fraction of sp³-hybridized carbons (Fsp3) is 0.0909. The third-order valence-corrected chi connectivity index (χ3v) is 4.72. The van der Waals surface area contributed by atoms with Gasteiger partial charge in [0.1, 0.15) is 10.8 Å². The van der Waals surface area contributed by atoms with Crippen molar-refractivity contribution in [3.05, 3.63) is 46.2 Å². The first kappa shape index (κ1) is 15.0. The van der Waals surface area contributed by atoms with Crippen LogP contribution in [0.3, 0.4) is 0 Å². The second-order valence-corrected chi connectivity index (χ2v) is 6.68. The predicted octanol–water partition coefficient (Wildman–Crippen LogP) is 1.39. The Morgan fingerprint density at radius 1 is 1.50 bits per heavy atom. The number of nitrogens with one attached hydrogen (secondary N) is 1. The number of hydrogen-bond donors (Lipinski definition) is 2. The highest BCUT2D eigenvalue weighted by Crippen LogP contribution is 2.19. The molecule has 1 aromatic heterocycles. The highest BCUT2D eigenvalue weighted by Gasteiger charge is 2.22. The van der Waals surface area contributed by atoms with Crippen LogP contribution in [0.4, 0.5) is 4.39 Å². The van der Waals surface area contributed by atoms with Crippen LogP contribution in [0.25, 0.3) is 0 Å². The third kappa shape index (κ3) is 3.18. The van der Waals surface area contributed by atoms with Crippen LogP contribution in [0.5, 0.6) is 0 Å². The maximum Gasteiger partial charge on any atom is 0.241 e. The third-order valence-electron chi connectivity index (χ3n) is 2.44. The van der Waals surface area contributed by atoms with Crippen molar-refractivity contribution in [1.82, 2.24) is 9.71 Å². The molecule has 1 aromatic carbocycles. The number of thiazole rings is 1. The van der Waals surface area contributed by atoms with Crippen molar-refractivity contribution < 1.29 is 12.8 Å². The average molecular weight is 331 g/mol. The van der Waals surface area contributed by atoms with Crippen LogP contribution in [0, 0.1) is 5.82 Å². The van der Waals surface area contributed by atoms with Gasteiger partial charge in [-0.15, -0.1) is 11.3 Å². The van der Waals surface area contributed by atoms with Crippen molar-refractivity contribution in [3.8, 4) is 0 Å². The van der Waals surface area contributed by atoms with Gasteiger partial charge in [0.2, 0.25) is 10.0 Å². The minimum Gasteiger partial charge on any atom is -0.389 e. The van der Waals surface area contributed by atoms with Gasteiger partial charge in [-0.2, -0.15) is 0 Å². The smallest absolute Gasteiger partial charge is 0.241 e. The zero-order valence-electron chi connectivity index (χ0n) is 10.0. The largest absolute Gasteiger partial charge is 0.389 e. The van der Waals surface area contributed by atoms with Crippen molar-refractivity contribution >= 4 is 38.6 Å². The predicted molar refractivity (Wildman–Crippen MR) is 78.4 cm³/mol. The number of rotatable bonds is 5. The number of benzene rings is 1. The van der Waals surface area contributed by atoms with Gasteiger partial charge in [0.05, 0.1) is 28.2 Å². The minimum atomic E-state index is -3.93. The quantitative estimate of drug-likeness (QED) is 0.809. The number of hydrogen-bond acceptors (Lipinski definition) is 5. The van der Waals surface area contributed by atoms with Gasteiger partial charge in [0, 0.05) is 5.38 Å². The molecule has 0 saturated heterocycles. The van der Waals surface area contributed by atoms with Crippen molar-refractivity contribution in [2.75, 3.05) is 0 Å². The number of sulfonamides is 1. The van der Waals surface area contributed by atoms with Gasteiger partial charge in [-0.25, -0.2) is 22.5 Å². The number of nitrogens with two attached hydrogens (primary N) is 1. The van der Waals surface area contributed by atoms with E-state index < -0.39 is 15.8 Å². The van der Waals surface area contributed by atoms with E-state index in [0.29, 0.717) is 5.69 Å². The van der Waals surface area contributed by atoms with Crippen LogP contribution in [-0.4, -0.2) is 18.4 Å². The summed E-state index contributed by atoms with van der Waals surface area (Å²) in [6.07, 6.45) is 0. The Morgan fingerprint density at radius 3 is 2.85 bits per heavy atom. The topological polar surface area (TPSA) is 85.1 Å². The van der Waals surface area contributed by atoms with Gasteiger partial charge in [-0.1, -0.05) is 18.3 Å². The summed E-state index contributed by atoms with van der Waals surface area (Å²) < 4.78 is 40.4. The van der Waals surface area contributed by atoms with Crippen LogP contribution < -0.4 is 10.5 Å². The Morgan fingerprint density at radius 2 is 2.25 bits per heavy atom. The number of aromatic nitrogens is 1. The first-order chi connectivity index (χ1) is 9.42. The summed E-state index contributed by atoms with van der Waals surface area (Å²) in [5.74, 6) is -0.769. The van der Waals surface area contributed by atoms with Gasteiger partial charge in [-0.05, 0) is 12.1 Å². The minimum absolute atomic E-state index is 0.0130. The SMILES string of the molecule is NC(=S)c1c(F)cccc1S(=O)(=O)NCc1cscn1. The van der Waals surface area contributed by atoms with E-state index in [9.17, 15) is 12.8 Å². The zero-order valence-corrected chi connectivity index (χ0v) is 12.5. The lowest BCUT2D eigenvalue weighted by molar-refractivity contribution is 0.576. The average Bonchev–Trinajstić information content (AvgIpc) is 2.89. The lowest BCUT2D eigenvalue weighted by atomic mass is 10.2. The fourth-order valence-electron chi connectivity index (χ4n) is 1.54. The summed E-state index contributed by atoms with van der Waals surface area (Å²) in [6.45, 7) is 0.0130. The molecule has 0 bridgehead atoms. The molecule has 0 aliphatic carbocycles. The molecule has 0 aliphatic heterocycles. The molecule has 0 radical (unpaired) electrons. The molecule has 2 aromatic rings.